The van der Waals surface area contributed by atoms with Gasteiger partial charge in [0, 0.05) is 11.1 Å². The first-order chi connectivity index (χ1) is 8.97. The lowest BCUT2D eigenvalue weighted by Crippen LogP contribution is -2.14. The molecule has 0 radical (unpaired) electrons. The van der Waals surface area contributed by atoms with Gasteiger partial charge in [-0.1, -0.05) is 0 Å². The predicted molar refractivity (Wildman–Crippen MR) is 75.5 cm³/mol. The predicted octanol–water partition coefficient (Wildman–Crippen LogP) is 2.43. The Morgan fingerprint density at radius 1 is 1.53 bits per heavy atom. The van der Waals surface area contributed by atoms with E-state index in [1.165, 1.54) is 17.4 Å². The van der Waals surface area contributed by atoms with Crippen molar-refractivity contribution in [2.75, 3.05) is 5.32 Å². The zero-order chi connectivity index (χ0) is 14.0. The first-order valence-corrected chi connectivity index (χ1v) is 6.67. The van der Waals surface area contributed by atoms with Gasteiger partial charge < -0.3 is 16.2 Å². The Hall–Kier alpha value is -1.92. The van der Waals surface area contributed by atoms with E-state index in [4.69, 9.17) is 5.73 Å². The van der Waals surface area contributed by atoms with E-state index in [0.29, 0.717) is 11.4 Å². The number of amides is 1. The Balaban J connectivity index is 2.16. The number of nitrogens with two attached hydrogens (primary N) is 1. The quantitative estimate of drug-likeness (QED) is 0.752. The second-order valence-electron chi connectivity index (χ2n) is 4.31. The molecule has 100 valence electrons. The summed E-state index contributed by atoms with van der Waals surface area (Å²) < 4.78 is 0. The van der Waals surface area contributed by atoms with Crippen molar-refractivity contribution in [1.82, 2.24) is 4.98 Å². The van der Waals surface area contributed by atoms with E-state index in [1.807, 2.05) is 13.8 Å². The molecule has 1 unspecified atom stereocenters. The number of rotatable bonds is 3. The fourth-order valence-electron chi connectivity index (χ4n) is 1.58. The summed E-state index contributed by atoms with van der Waals surface area (Å²) in [6, 6.07) is 4.59. The minimum atomic E-state index is -0.281. The van der Waals surface area contributed by atoms with Gasteiger partial charge in [0.25, 0.3) is 5.91 Å². The van der Waals surface area contributed by atoms with Crippen LogP contribution in [0.15, 0.2) is 23.6 Å². The molecule has 0 spiro atoms. The van der Waals surface area contributed by atoms with Gasteiger partial charge in [-0.25, -0.2) is 4.98 Å². The lowest BCUT2D eigenvalue weighted by molar-refractivity contribution is 0.102. The Labute approximate surface area is 115 Å². The lowest BCUT2D eigenvalue weighted by atomic mass is 10.2. The molecule has 6 heteroatoms. The Morgan fingerprint density at radius 2 is 2.26 bits per heavy atom. The topological polar surface area (TPSA) is 88.2 Å². The van der Waals surface area contributed by atoms with Crippen molar-refractivity contribution in [2.24, 2.45) is 5.73 Å². The van der Waals surface area contributed by atoms with Gasteiger partial charge in [-0.05, 0) is 37.6 Å². The third-order valence-corrected chi connectivity index (χ3v) is 3.65. The van der Waals surface area contributed by atoms with Crippen LogP contribution in [0, 0.1) is 6.92 Å². The highest BCUT2D eigenvalue weighted by Crippen LogP contribution is 2.21. The van der Waals surface area contributed by atoms with E-state index in [-0.39, 0.29) is 17.7 Å². The van der Waals surface area contributed by atoms with Gasteiger partial charge in [-0.3, -0.25) is 4.79 Å². The van der Waals surface area contributed by atoms with Crippen molar-refractivity contribution < 1.29 is 9.90 Å². The molecule has 0 aliphatic heterocycles. The van der Waals surface area contributed by atoms with Crippen LogP contribution in [0.1, 0.15) is 34.0 Å². The number of benzene rings is 1. The highest BCUT2D eigenvalue weighted by atomic mass is 32.1. The first-order valence-electron chi connectivity index (χ1n) is 5.79. The lowest BCUT2D eigenvalue weighted by Gasteiger charge is -2.07. The number of aromatic nitrogens is 1. The number of carbonyl (C=O) groups excluding carboxylic acids is 1. The molecule has 19 heavy (non-hydrogen) atoms. The zero-order valence-corrected chi connectivity index (χ0v) is 11.5. The molecule has 0 saturated carbocycles. The summed E-state index contributed by atoms with van der Waals surface area (Å²) >= 11 is 1.37. The number of nitrogens with one attached hydrogen (secondary N) is 1. The number of phenols is 1. The zero-order valence-electron chi connectivity index (χ0n) is 10.7. The normalized spacial score (nSPS) is 12.2. The van der Waals surface area contributed by atoms with Gasteiger partial charge in [-0.15, -0.1) is 11.3 Å². The molecule has 1 atom stereocenters. The smallest absolute Gasteiger partial charge is 0.275 e. The number of anilines is 1. The van der Waals surface area contributed by atoms with E-state index < -0.39 is 0 Å². The fourth-order valence-corrected chi connectivity index (χ4v) is 2.33. The highest BCUT2D eigenvalue weighted by molar-refractivity contribution is 7.09. The number of nitrogens with zero attached hydrogens (tertiary/aromatic N) is 1. The number of hydrogen-bond acceptors (Lipinski definition) is 5. The molecule has 1 aromatic heterocycles. The maximum atomic E-state index is 12.0. The van der Waals surface area contributed by atoms with Crippen LogP contribution in [0.25, 0.3) is 0 Å². The second kappa shape index (κ2) is 5.38. The Bertz CT molecular complexity index is 608. The van der Waals surface area contributed by atoms with Crippen LogP contribution in [0.5, 0.6) is 5.75 Å². The molecule has 5 nitrogen and oxygen atoms in total. The van der Waals surface area contributed by atoms with Crippen molar-refractivity contribution in [3.63, 3.8) is 0 Å². The number of carbonyl (C=O) groups is 1. The number of aryl methyl sites for hydroxylation is 1. The number of hydrogen-bond donors (Lipinski definition) is 3. The molecule has 2 rings (SSSR count). The second-order valence-corrected chi connectivity index (χ2v) is 5.20. The minimum Gasteiger partial charge on any atom is -0.508 e. The van der Waals surface area contributed by atoms with Crippen molar-refractivity contribution in [3.8, 4) is 5.75 Å². The van der Waals surface area contributed by atoms with Crippen LogP contribution < -0.4 is 11.1 Å². The Kier molecular flexibility index (Phi) is 3.82. The van der Waals surface area contributed by atoms with Crippen molar-refractivity contribution in [2.45, 2.75) is 19.9 Å². The monoisotopic (exact) mass is 277 g/mol. The number of aromatic hydroxyl groups is 1. The van der Waals surface area contributed by atoms with Crippen molar-refractivity contribution in [1.29, 1.82) is 0 Å². The first kappa shape index (κ1) is 13.5. The summed E-state index contributed by atoms with van der Waals surface area (Å²) in [7, 11) is 0. The van der Waals surface area contributed by atoms with Crippen molar-refractivity contribution >= 4 is 22.9 Å². The molecule has 0 fully saturated rings. The largest absolute Gasteiger partial charge is 0.508 e. The van der Waals surface area contributed by atoms with Gasteiger partial charge >= 0.3 is 0 Å². The molecule has 2 aromatic rings. The average Bonchev–Trinajstić information content (AvgIpc) is 2.82. The summed E-state index contributed by atoms with van der Waals surface area (Å²) in [6.45, 7) is 3.63. The molecular formula is C13H15N3O2S. The third-order valence-electron chi connectivity index (χ3n) is 2.60. The van der Waals surface area contributed by atoms with E-state index in [9.17, 15) is 9.90 Å². The average molecular weight is 277 g/mol. The third kappa shape index (κ3) is 3.10. The maximum absolute atomic E-state index is 12.0. The van der Waals surface area contributed by atoms with Gasteiger partial charge in [0.1, 0.15) is 16.5 Å². The molecule has 0 aliphatic rings. The summed E-state index contributed by atoms with van der Waals surface area (Å²) in [4.78, 5) is 16.2. The minimum absolute atomic E-state index is 0.170. The summed E-state index contributed by atoms with van der Waals surface area (Å²) in [5, 5.41) is 14.5. The molecular weight excluding hydrogens is 262 g/mol. The fraction of sp³-hybridized carbons (Fsp3) is 0.231. The van der Waals surface area contributed by atoms with Crippen LogP contribution in [-0.2, 0) is 0 Å². The summed E-state index contributed by atoms with van der Waals surface area (Å²) in [5.74, 6) is -0.111. The van der Waals surface area contributed by atoms with Gasteiger partial charge in [0.2, 0.25) is 0 Å². The van der Waals surface area contributed by atoms with Gasteiger partial charge in [0.15, 0.2) is 0 Å². The summed E-state index contributed by atoms with van der Waals surface area (Å²) in [6.07, 6.45) is 0. The van der Waals surface area contributed by atoms with E-state index >= 15 is 0 Å². The number of phenolic OH excluding ortho intramolecular Hbond substituents is 1. The molecule has 0 aliphatic carbocycles. The van der Waals surface area contributed by atoms with E-state index in [2.05, 4.69) is 10.3 Å². The van der Waals surface area contributed by atoms with E-state index in [1.54, 1.807) is 17.5 Å². The van der Waals surface area contributed by atoms with Crippen LogP contribution >= 0.6 is 11.3 Å². The maximum Gasteiger partial charge on any atom is 0.275 e. The van der Waals surface area contributed by atoms with Crippen LogP contribution in [0.4, 0.5) is 5.69 Å². The molecule has 0 bridgehead atoms. The van der Waals surface area contributed by atoms with Crippen LogP contribution in [0.2, 0.25) is 0 Å². The van der Waals surface area contributed by atoms with Gasteiger partial charge in [-0.2, -0.15) is 0 Å². The molecule has 4 N–H and O–H groups in total. The van der Waals surface area contributed by atoms with E-state index in [0.717, 1.165) is 10.6 Å². The van der Waals surface area contributed by atoms with Gasteiger partial charge in [0.05, 0.1) is 6.04 Å². The number of thiazole rings is 1. The highest BCUT2D eigenvalue weighted by Gasteiger charge is 2.13. The van der Waals surface area contributed by atoms with Crippen molar-refractivity contribution in [3.05, 3.63) is 39.8 Å². The molecule has 1 heterocycles. The summed E-state index contributed by atoms with van der Waals surface area (Å²) in [5.41, 5.74) is 7.50. The molecule has 0 saturated heterocycles. The molecule has 1 amide bonds. The standard InChI is InChI=1S/C13H15N3O2S/c1-7-5-9(17)3-4-10(7)15-12(18)11-6-19-13(16-11)8(2)14/h3-6,8,17H,14H2,1-2H3,(H,15,18). The molecule has 1 aromatic carbocycles. The Morgan fingerprint density at radius 3 is 2.84 bits per heavy atom. The SMILES string of the molecule is Cc1cc(O)ccc1NC(=O)c1csc(C(C)N)n1. The van der Waals surface area contributed by atoms with Crippen LogP contribution in [0.3, 0.4) is 0 Å². The van der Waals surface area contributed by atoms with Crippen LogP contribution in [-0.4, -0.2) is 16.0 Å².